The number of hydrogen-bond acceptors (Lipinski definition) is 7. The summed E-state index contributed by atoms with van der Waals surface area (Å²) in [7, 11) is -3.67. The quantitative estimate of drug-likeness (QED) is 0.0720. The van der Waals surface area contributed by atoms with E-state index in [9.17, 15) is 36.4 Å². The molecule has 0 aromatic heterocycles. The minimum absolute atomic E-state index is 0.241. The number of hydrogen-bond donors (Lipinski definition) is 2. The fourth-order valence-electron chi connectivity index (χ4n) is 7.24. The fraction of sp³-hybridized carbons (Fsp3) is 0.200. The number of carbonyl (C=O) groups is 4. The minimum Gasteiger partial charge on any atom is -0.317 e. The predicted octanol–water partition coefficient (Wildman–Crippen LogP) is 6.73. The van der Waals surface area contributed by atoms with Gasteiger partial charge in [-0.2, -0.15) is 8.42 Å². The lowest BCUT2D eigenvalue weighted by atomic mass is 9.90. The number of unbranched alkanes of at least 4 members (excludes halogenated alkanes) is 1. The van der Waals surface area contributed by atoms with Gasteiger partial charge < -0.3 is 5.32 Å². The number of imide groups is 2. The molecular formula is C40H33F2N3O7S. The number of nitrogens with zero attached hydrogens (tertiary/aromatic N) is 2. The molecule has 0 saturated carbocycles. The Morgan fingerprint density at radius 3 is 1.45 bits per heavy atom. The van der Waals surface area contributed by atoms with Crippen molar-refractivity contribution in [3.63, 3.8) is 0 Å². The van der Waals surface area contributed by atoms with E-state index >= 15 is 0 Å². The maximum atomic E-state index is 14.0. The second kappa shape index (κ2) is 14.1. The van der Waals surface area contributed by atoms with E-state index in [1.54, 1.807) is 48.5 Å². The molecule has 2 aliphatic heterocycles. The summed E-state index contributed by atoms with van der Waals surface area (Å²) in [5, 5.41) is 8.64. The highest BCUT2D eigenvalue weighted by atomic mass is 32.2. The maximum Gasteiger partial charge on any atom is 0.261 e. The summed E-state index contributed by atoms with van der Waals surface area (Å²) in [6.45, 7) is 1.70. The van der Waals surface area contributed by atoms with Crippen LogP contribution in [0.25, 0.3) is 43.1 Å². The molecule has 4 amide bonds. The highest BCUT2D eigenvalue weighted by Gasteiger charge is 2.34. The van der Waals surface area contributed by atoms with Gasteiger partial charge >= 0.3 is 0 Å². The Morgan fingerprint density at radius 2 is 0.981 bits per heavy atom. The van der Waals surface area contributed by atoms with Gasteiger partial charge in [0.05, 0.1) is 6.26 Å². The van der Waals surface area contributed by atoms with Crippen LogP contribution in [0.3, 0.4) is 0 Å². The summed E-state index contributed by atoms with van der Waals surface area (Å²) < 4.78 is 53.9. The molecule has 2 N–H and O–H groups in total. The predicted molar refractivity (Wildman–Crippen MR) is 198 cm³/mol. The Bertz CT molecular complexity index is 2470. The SMILES string of the molecule is CS(=O)(=O)O.O=C1c2cccc3c2c(cc2ccc(F)cc23)C(=O)N1CCCCNCCCN1C(=O)c2cccc3c2c(cc2ccc(F)cc23)C1=O. The zero-order valence-electron chi connectivity index (χ0n) is 28.5. The van der Waals surface area contributed by atoms with Crippen molar-refractivity contribution in [2.45, 2.75) is 19.3 Å². The second-order valence-corrected chi connectivity index (χ2v) is 14.6. The molecule has 0 saturated heterocycles. The van der Waals surface area contributed by atoms with Crippen LogP contribution in [0.1, 0.15) is 60.7 Å². The van der Waals surface area contributed by atoms with E-state index in [1.165, 1.54) is 34.1 Å². The lowest BCUT2D eigenvalue weighted by Gasteiger charge is -2.28. The first-order chi connectivity index (χ1) is 25.3. The van der Waals surface area contributed by atoms with Crippen LogP contribution >= 0.6 is 0 Å². The average Bonchev–Trinajstić information content (AvgIpc) is 3.12. The third kappa shape index (κ3) is 6.86. The van der Waals surface area contributed by atoms with E-state index in [-0.39, 0.29) is 48.4 Å². The highest BCUT2D eigenvalue weighted by Crippen LogP contribution is 2.37. The van der Waals surface area contributed by atoms with Crippen molar-refractivity contribution in [3.8, 4) is 0 Å². The van der Waals surface area contributed by atoms with E-state index in [0.29, 0.717) is 93.2 Å². The second-order valence-electron chi connectivity index (χ2n) is 13.1. The molecule has 0 radical (unpaired) electrons. The van der Waals surface area contributed by atoms with Gasteiger partial charge in [0.2, 0.25) is 0 Å². The van der Waals surface area contributed by atoms with Gasteiger partial charge in [0.1, 0.15) is 11.6 Å². The Hall–Kier alpha value is -5.63. The van der Waals surface area contributed by atoms with Gasteiger partial charge in [-0.15, -0.1) is 0 Å². The molecule has 6 aromatic rings. The number of fused-ring (bicyclic) bond motifs is 4. The molecular weight excluding hydrogens is 705 g/mol. The third-order valence-electron chi connectivity index (χ3n) is 9.50. The van der Waals surface area contributed by atoms with Gasteiger partial charge in [-0.25, -0.2) is 8.78 Å². The summed E-state index contributed by atoms with van der Waals surface area (Å²) in [6, 6.07) is 22.9. The third-order valence-corrected chi connectivity index (χ3v) is 9.50. The largest absolute Gasteiger partial charge is 0.317 e. The standard InChI is InChI=1S/C39H29F2N3O4.CH4O3S/c40-24-12-10-22-18-32-34-26(30(22)20-24)6-3-8-28(34)36(45)43(38(32)47)16-2-1-14-42-15-5-17-44-37(46)29-9-4-7-27-31-21-25(41)13-11-23(31)19-33(35(27)29)39(44)48;1-5(2,3)4/h3-4,6-13,18-21,42H,1-2,5,14-17H2;1H3,(H,2,3,4). The monoisotopic (exact) mass is 737 g/mol. The summed E-state index contributed by atoms with van der Waals surface area (Å²) in [5.41, 5.74) is 1.76. The van der Waals surface area contributed by atoms with Crippen molar-refractivity contribution in [3.05, 3.63) is 119 Å². The summed E-state index contributed by atoms with van der Waals surface area (Å²) >= 11 is 0. The van der Waals surface area contributed by atoms with Crippen LogP contribution < -0.4 is 5.32 Å². The smallest absolute Gasteiger partial charge is 0.261 e. The van der Waals surface area contributed by atoms with Crippen molar-refractivity contribution in [1.82, 2.24) is 15.1 Å². The van der Waals surface area contributed by atoms with Crippen molar-refractivity contribution in [2.75, 3.05) is 32.4 Å². The normalized spacial score (nSPS) is 14.1. The summed E-state index contributed by atoms with van der Waals surface area (Å²) in [5.74, 6) is -2.18. The molecule has 270 valence electrons. The van der Waals surface area contributed by atoms with Crippen molar-refractivity contribution in [1.29, 1.82) is 0 Å². The molecule has 0 bridgehead atoms. The number of carbonyl (C=O) groups excluding carboxylic acids is 4. The molecule has 0 fully saturated rings. The first-order valence-corrected chi connectivity index (χ1v) is 18.8. The van der Waals surface area contributed by atoms with Crippen LogP contribution in [0.4, 0.5) is 8.78 Å². The van der Waals surface area contributed by atoms with E-state index in [1.807, 2.05) is 12.1 Å². The number of benzene rings is 6. The molecule has 10 nitrogen and oxygen atoms in total. The van der Waals surface area contributed by atoms with Crippen LogP contribution in [0.5, 0.6) is 0 Å². The van der Waals surface area contributed by atoms with Crippen LogP contribution in [-0.4, -0.2) is 78.8 Å². The Morgan fingerprint density at radius 1 is 0.566 bits per heavy atom. The number of nitrogens with one attached hydrogen (secondary N) is 1. The van der Waals surface area contributed by atoms with Crippen molar-refractivity contribution >= 4 is 76.8 Å². The zero-order valence-corrected chi connectivity index (χ0v) is 29.3. The first-order valence-electron chi connectivity index (χ1n) is 17.0. The van der Waals surface area contributed by atoms with E-state index in [4.69, 9.17) is 4.55 Å². The number of amides is 4. The van der Waals surface area contributed by atoms with E-state index in [2.05, 4.69) is 5.32 Å². The number of rotatable bonds is 9. The van der Waals surface area contributed by atoms with Gasteiger partial charge in [-0.3, -0.25) is 33.5 Å². The van der Waals surface area contributed by atoms with Crippen molar-refractivity contribution in [2.24, 2.45) is 0 Å². The van der Waals surface area contributed by atoms with Gasteiger partial charge in [-0.05, 0) is 113 Å². The molecule has 8 rings (SSSR count). The zero-order chi connectivity index (χ0) is 37.6. The minimum atomic E-state index is -3.67. The topological polar surface area (TPSA) is 141 Å². The molecule has 0 spiro atoms. The first kappa shape index (κ1) is 35.8. The average molecular weight is 738 g/mol. The van der Waals surface area contributed by atoms with Gasteiger partial charge in [0.15, 0.2) is 0 Å². The van der Waals surface area contributed by atoms with E-state index < -0.39 is 10.1 Å². The lowest BCUT2D eigenvalue weighted by molar-refractivity contribution is 0.0591. The van der Waals surface area contributed by atoms with E-state index in [0.717, 1.165) is 10.8 Å². The van der Waals surface area contributed by atoms with Crippen LogP contribution in [-0.2, 0) is 10.1 Å². The van der Waals surface area contributed by atoms with Gasteiger partial charge in [0, 0.05) is 46.1 Å². The van der Waals surface area contributed by atoms with Gasteiger partial charge in [0.25, 0.3) is 33.7 Å². The molecule has 0 aliphatic carbocycles. The molecule has 2 aliphatic rings. The molecule has 6 aromatic carbocycles. The molecule has 0 unspecified atom stereocenters. The molecule has 13 heteroatoms. The Balaban J connectivity index is 0.000000817. The number of halogens is 2. The highest BCUT2D eigenvalue weighted by molar-refractivity contribution is 7.85. The fourth-order valence-corrected chi connectivity index (χ4v) is 7.24. The van der Waals surface area contributed by atoms with Crippen LogP contribution in [0.15, 0.2) is 84.9 Å². The summed E-state index contributed by atoms with van der Waals surface area (Å²) in [6.07, 6.45) is 2.56. The van der Waals surface area contributed by atoms with Crippen molar-refractivity contribution < 1.29 is 40.9 Å². The molecule has 0 atom stereocenters. The van der Waals surface area contributed by atoms with Crippen LogP contribution in [0, 0.1) is 11.6 Å². The molecule has 53 heavy (non-hydrogen) atoms. The molecule has 2 heterocycles. The Labute approximate surface area is 302 Å². The Kier molecular flexibility index (Phi) is 9.49. The van der Waals surface area contributed by atoms with Gasteiger partial charge in [-0.1, -0.05) is 36.4 Å². The van der Waals surface area contributed by atoms with Crippen LogP contribution in [0.2, 0.25) is 0 Å². The lowest BCUT2D eigenvalue weighted by Crippen LogP contribution is -2.41. The maximum absolute atomic E-state index is 14.0. The summed E-state index contributed by atoms with van der Waals surface area (Å²) in [4.78, 5) is 56.3.